The van der Waals surface area contributed by atoms with Gasteiger partial charge in [0.15, 0.2) is 0 Å². The van der Waals surface area contributed by atoms with Gasteiger partial charge < -0.3 is 9.72 Å². The van der Waals surface area contributed by atoms with Gasteiger partial charge in [0.1, 0.15) is 4.88 Å². The molecule has 126 valence electrons. The number of thiophene rings is 1. The Morgan fingerprint density at radius 1 is 1.28 bits per heavy atom. The molecule has 4 rings (SSSR count). The second-order valence-electron chi connectivity index (χ2n) is 5.58. The summed E-state index contributed by atoms with van der Waals surface area (Å²) in [6.45, 7) is 3.91. The van der Waals surface area contributed by atoms with Crippen molar-refractivity contribution in [2.75, 3.05) is 0 Å². The fourth-order valence-electron chi connectivity index (χ4n) is 2.77. The van der Waals surface area contributed by atoms with Gasteiger partial charge in [-0.25, -0.2) is 9.78 Å². The lowest BCUT2D eigenvalue weighted by Crippen LogP contribution is -2.12. The standard InChI is InChI=1S/C18H16N4O2S/c1-3-12-11(2)21-22(16(12)24-17(23)15-9-6-10-25-15)18-19-13-7-4-5-8-14(13)20-18/h4-10H,3H2,1-2H3,(H,19,20). The second kappa shape index (κ2) is 6.18. The topological polar surface area (TPSA) is 72.8 Å². The number of carbonyl (C=O) groups excluding carboxylic acids is 1. The van der Waals surface area contributed by atoms with Crippen molar-refractivity contribution in [3.05, 3.63) is 57.9 Å². The summed E-state index contributed by atoms with van der Waals surface area (Å²) in [4.78, 5) is 20.8. The minimum absolute atomic E-state index is 0.387. The molecular formula is C18H16N4O2S. The molecule has 0 bridgehead atoms. The second-order valence-corrected chi connectivity index (χ2v) is 6.53. The number of carbonyl (C=O) groups is 1. The Labute approximate surface area is 148 Å². The lowest BCUT2D eigenvalue weighted by Gasteiger charge is -2.06. The maximum atomic E-state index is 12.4. The third-order valence-corrected chi connectivity index (χ3v) is 4.83. The molecular weight excluding hydrogens is 336 g/mol. The molecule has 0 saturated heterocycles. The number of fused-ring (bicyclic) bond motifs is 1. The van der Waals surface area contributed by atoms with Crippen LogP contribution in [-0.2, 0) is 6.42 Å². The Morgan fingerprint density at radius 2 is 2.12 bits per heavy atom. The van der Waals surface area contributed by atoms with Gasteiger partial charge in [-0.05, 0) is 36.9 Å². The molecule has 0 aliphatic rings. The Bertz CT molecular complexity index is 1010. The van der Waals surface area contributed by atoms with Crippen molar-refractivity contribution in [1.29, 1.82) is 0 Å². The highest BCUT2D eigenvalue weighted by Gasteiger charge is 2.22. The van der Waals surface area contributed by atoms with E-state index in [-0.39, 0.29) is 5.97 Å². The van der Waals surface area contributed by atoms with Crippen LogP contribution in [0.15, 0.2) is 41.8 Å². The molecule has 1 aromatic carbocycles. The van der Waals surface area contributed by atoms with E-state index in [9.17, 15) is 4.79 Å². The van der Waals surface area contributed by atoms with Crippen LogP contribution in [0.3, 0.4) is 0 Å². The monoisotopic (exact) mass is 352 g/mol. The average molecular weight is 352 g/mol. The number of ether oxygens (including phenoxy) is 1. The number of benzene rings is 1. The van der Waals surface area contributed by atoms with E-state index < -0.39 is 0 Å². The van der Waals surface area contributed by atoms with Crippen LogP contribution in [0.25, 0.3) is 17.0 Å². The first-order chi connectivity index (χ1) is 12.2. The van der Waals surface area contributed by atoms with Crippen LogP contribution >= 0.6 is 11.3 Å². The van der Waals surface area contributed by atoms with Crippen molar-refractivity contribution < 1.29 is 9.53 Å². The van der Waals surface area contributed by atoms with Crippen LogP contribution in [0, 0.1) is 6.92 Å². The number of nitrogens with one attached hydrogen (secondary N) is 1. The lowest BCUT2D eigenvalue weighted by molar-refractivity contribution is 0.0726. The zero-order chi connectivity index (χ0) is 17.4. The molecule has 0 aliphatic carbocycles. The molecule has 0 unspecified atom stereocenters. The fraction of sp³-hybridized carbons (Fsp3) is 0.167. The van der Waals surface area contributed by atoms with Gasteiger partial charge in [0.2, 0.25) is 11.8 Å². The van der Waals surface area contributed by atoms with Gasteiger partial charge in [-0.2, -0.15) is 9.78 Å². The number of para-hydroxylation sites is 2. The molecule has 0 fully saturated rings. The van der Waals surface area contributed by atoms with Gasteiger partial charge in [0.25, 0.3) is 0 Å². The summed E-state index contributed by atoms with van der Waals surface area (Å²) in [7, 11) is 0. The smallest absolute Gasteiger partial charge is 0.355 e. The maximum absolute atomic E-state index is 12.4. The van der Waals surface area contributed by atoms with E-state index in [1.54, 1.807) is 10.7 Å². The quantitative estimate of drug-likeness (QED) is 0.565. The van der Waals surface area contributed by atoms with Crippen molar-refractivity contribution in [3.8, 4) is 11.8 Å². The fourth-order valence-corrected chi connectivity index (χ4v) is 3.37. The Hall–Kier alpha value is -2.93. The Balaban J connectivity index is 1.81. The number of aromatic nitrogens is 4. The van der Waals surface area contributed by atoms with Crippen molar-refractivity contribution in [2.24, 2.45) is 0 Å². The summed E-state index contributed by atoms with van der Waals surface area (Å²) in [5, 5.41) is 6.38. The largest absolute Gasteiger partial charge is 0.403 e. The maximum Gasteiger partial charge on any atom is 0.355 e. The summed E-state index contributed by atoms with van der Waals surface area (Å²) < 4.78 is 7.26. The first-order valence-electron chi connectivity index (χ1n) is 7.96. The molecule has 0 atom stereocenters. The number of rotatable bonds is 4. The van der Waals surface area contributed by atoms with Gasteiger partial charge in [0, 0.05) is 5.56 Å². The number of hydrogen-bond donors (Lipinski definition) is 1. The van der Waals surface area contributed by atoms with Crippen LogP contribution in [0.1, 0.15) is 27.9 Å². The lowest BCUT2D eigenvalue weighted by atomic mass is 10.2. The number of aromatic amines is 1. The third-order valence-electron chi connectivity index (χ3n) is 3.98. The van der Waals surface area contributed by atoms with E-state index in [1.807, 2.05) is 49.6 Å². The number of imidazole rings is 1. The van der Waals surface area contributed by atoms with Gasteiger partial charge in [-0.15, -0.1) is 11.3 Å². The number of esters is 1. The van der Waals surface area contributed by atoms with Gasteiger partial charge >= 0.3 is 5.97 Å². The van der Waals surface area contributed by atoms with Gasteiger partial charge in [0.05, 0.1) is 16.7 Å². The Kier molecular flexibility index (Phi) is 3.85. The number of aryl methyl sites for hydroxylation is 1. The van der Waals surface area contributed by atoms with Crippen LogP contribution in [-0.4, -0.2) is 25.7 Å². The van der Waals surface area contributed by atoms with E-state index in [4.69, 9.17) is 4.74 Å². The molecule has 0 spiro atoms. The van der Waals surface area contributed by atoms with Crippen LogP contribution < -0.4 is 4.74 Å². The molecule has 25 heavy (non-hydrogen) atoms. The normalized spacial score (nSPS) is 11.1. The Morgan fingerprint density at radius 3 is 2.84 bits per heavy atom. The molecule has 3 aromatic heterocycles. The summed E-state index contributed by atoms with van der Waals surface area (Å²) in [6.07, 6.45) is 0.707. The molecule has 0 radical (unpaired) electrons. The summed E-state index contributed by atoms with van der Waals surface area (Å²) in [6, 6.07) is 11.3. The van der Waals surface area contributed by atoms with Crippen molar-refractivity contribution in [2.45, 2.75) is 20.3 Å². The molecule has 0 aliphatic heterocycles. The molecule has 4 aromatic rings. The van der Waals surface area contributed by atoms with Gasteiger partial charge in [-0.1, -0.05) is 25.1 Å². The average Bonchev–Trinajstić information content (AvgIpc) is 3.33. The highest BCUT2D eigenvalue weighted by molar-refractivity contribution is 7.12. The minimum atomic E-state index is -0.387. The SMILES string of the molecule is CCc1c(C)nn(-c2nc3ccccc3[nH]2)c1OC(=O)c1cccs1. The number of H-pyrrole nitrogens is 1. The molecule has 3 heterocycles. The third kappa shape index (κ3) is 2.72. The first-order valence-corrected chi connectivity index (χ1v) is 8.84. The predicted octanol–water partition coefficient (Wildman–Crippen LogP) is 3.90. The van der Waals surface area contributed by atoms with Crippen molar-refractivity contribution in [1.82, 2.24) is 19.7 Å². The zero-order valence-corrected chi connectivity index (χ0v) is 14.6. The molecule has 1 N–H and O–H groups in total. The van der Waals surface area contributed by atoms with E-state index in [2.05, 4.69) is 15.1 Å². The molecule has 0 saturated carbocycles. The van der Waals surface area contributed by atoms with E-state index in [0.717, 1.165) is 22.3 Å². The van der Waals surface area contributed by atoms with E-state index in [0.29, 0.717) is 23.1 Å². The number of nitrogens with zero attached hydrogens (tertiary/aromatic N) is 3. The summed E-state index contributed by atoms with van der Waals surface area (Å²) in [5.74, 6) is 0.553. The van der Waals surface area contributed by atoms with Crippen LogP contribution in [0.5, 0.6) is 5.88 Å². The first kappa shape index (κ1) is 15.6. The van der Waals surface area contributed by atoms with E-state index in [1.165, 1.54) is 11.3 Å². The van der Waals surface area contributed by atoms with Crippen LogP contribution in [0.2, 0.25) is 0 Å². The van der Waals surface area contributed by atoms with E-state index >= 15 is 0 Å². The summed E-state index contributed by atoms with van der Waals surface area (Å²) in [5.41, 5.74) is 3.45. The highest BCUT2D eigenvalue weighted by atomic mass is 32.1. The highest BCUT2D eigenvalue weighted by Crippen LogP contribution is 2.27. The molecule has 0 amide bonds. The van der Waals surface area contributed by atoms with Gasteiger partial charge in [-0.3, -0.25) is 0 Å². The molecule has 6 nitrogen and oxygen atoms in total. The minimum Gasteiger partial charge on any atom is -0.403 e. The molecule has 7 heteroatoms. The van der Waals surface area contributed by atoms with Crippen molar-refractivity contribution in [3.63, 3.8) is 0 Å². The van der Waals surface area contributed by atoms with Crippen LogP contribution in [0.4, 0.5) is 0 Å². The zero-order valence-electron chi connectivity index (χ0n) is 13.8. The number of hydrogen-bond acceptors (Lipinski definition) is 5. The van der Waals surface area contributed by atoms with Crippen molar-refractivity contribution >= 4 is 28.3 Å². The summed E-state index contributed by atoms with van der Waals surface area (Å²) >= 11 is 1.35. The predicted molar refractivity (Wildman–Crippen MR) is 96.6 cm³/mol.